The summed E-state index contributed by atoms with van der Waals surface area (Å²) >= 11 is 0. The Hall–Kier alpha value is -0.450. The number of carbonyl (C=O) groups is 1. The number of aliphatic hydroxyl groups is 1. The van der Waals surface area contributed by atoms with Crippen molar-refractivity contribution < 1.29 is 14.6 Å². The third kappa shape index (κ3) is 3.27. The Morgan fingerprint density at radius 3 is 2.69 bits per heavy atom. The first-order valence-electron chi connectivity index (χ1n) is 6.11. The number of morpholine rings is 1. The zero-order valence-corrected chi connectivity index (χ0v) is 10.3. The normalized spacial score (nSPS) is 23.3. The molecule has 94 valence electrons. The largest absolute Gasteiger partial charge is 0.394 e. The number of ether oxygens (including phenoxy) is 1. The molecule has 1 fully saturated rings. The van der Waals surface area contributed by atoms with Gasteiger partial charge in [-0.3, -0.25) is 4.90 Å². The van der Waals surface area contributed by atoms with Gasteiger partial charge in [-0.25, -0.2) is 0 Å². The van der Waals surface area contributed by atoms with Gasteiger partial charge in [-0.1, -0.05) is 13.8 Å². The molecule has 1 atom stereocenters. The zero-order chi connectivity index (χ0) is 12.0. The van der Waals surface area contributed by atoms with Crippen LogP contribution >= 0.6 is 0 Å². The second kappa shape index (κ2) is 6.33. The van der Waals surface area contributed by atoms with Gasteiger partial charge >= 0.3 is 0 Å². The summed E-state index contributed by atoms with van der Waals surface area (Å²) in [5.41, 5.74) is -0.225. The molecule has 0 aromatic carbocycles. The first-order chi connectivity index (χ1) is 7.69. The van der Waals surface area contributed by atoms with Crippen LogP contribution in [-0.4, -0.2) is 55.2 Å². The van der Waals surface area contributed by atoms with Gasteiger partial charge in [0.2, 0.25) is 0 Å². The second-order valence-electron chi connectivity index (χ2n) is 4.60. The van der Waals surface area contributed by atoms with Gasteiger partial charge in [-0.05, 0) is 12.8 Å². The lowest BCUT2D eigenvalue weighted by Gasteiger charge is -2.37. The number of aliphatic hydroxyl groups excluding tert-OH is 1. The fourth-order valence-corrected chi connectivity index (χ4v) is 2.16. The molecule has 1 saturated heterocycles. The third-order valence-corrected chi connectivity index (χ3v) is 3.62. The van der Waals surface area contributed by atoms with Crippen molar-refractivity contribution in [2.24, 2.45) is 5.41 Å². The highest BCUT2D eigenvalue weighted by Gasteiger charge is 2.30. The summed E-state index contributed by atoms with van der Waals surface area (Å²) in [6, 6.07) is 0. The summed E-state index contributed by atoms with van der Waals surface area (Å²) in [7, 11) is 0. The van der Waals surface area contributed by atoms with Gasteiger partial charge in [0.25, 0.3) is 0 Å². The van der Waals surface area contributed by atoms with Crippen LogP contribution in [-0.2, 0) is 9.53 Å². The topological polar surface area (TPSA) is 49.8 Å². The minimum Gasteiger partial charge on any atom is -0.394 e. The predicted molar refractivity (Wildman–Crippen MR) is 62.3 cm³/mol. The fourth-order valence-electron chi connectivity index (χ4n) is 2.16. The van der Waals surface area contributed by atoms with Gasteiger partial charge in [0, 0.05) is 25.0 Å². The fraction of sp³-hybridized carbons (Fsp3) is 0.917. The van der Waals surface area contributed by atoms with Crippen LogP contribution in [0.5, 0.6) is 0 Å². The lowest BCUT2D eigenvalue weighted by Crippen LogP contribution is -2.48. The van der Waals surface area contributed by atoms with Crippen molar-refractivity contribution in [1.82, 2.24) is 4.90 Å². The molecule has 0 aliphatic carbocycles. The minimum atomic E-state index is -0.225. The highest BCUT2D eigenvalue weighted by atomic mass is 16.5. The van der Waals surface area contributed by atoms with E-state index in [4.69, 9.17) is 9.84 Å². The van der Waals surface area contributed by atoms with Crippen LogP contribution < -0.4 is 0 Å². The molecule has 4 heteroatoms. The molecule has 1 N–H and O–H groups in total. The molecule has 1 aliphatic heterocycles. The van der Waals surface area contributed by atoms with E-state index >= 15 is 0 Å². The van der Waals surface area contributed by atoms with Crippen molar-refractivity contribution in [1.29, 1.82) is 0 Å². The maximum Gasteiger partial charge on any atom is 0.127 e. The minimum absolute atomic E-state index is 0.0584. The summed E-state index contributed by atoms with van der Waals surface area (Å²) in [5, 5.41) is 9.06. The Bertz CT molecular complexity index is 216. The van der Waals surface area contributed by atoms with Gasteiger partial charge in [0.05, 0.1) is 19.3 Å². The van der Waals surface area contributed by atoms with Crippen molar-refractivity contribution >= 4 is 6.29 Å². The number of hydrogen-bond acceptors (Lipinski definition) is 4. The van der Waals surface area contributed by atoms with Crippen molar-refractivity contribution in [3.8, 4) is 0 Å². The zero-order valence-electron chi connectivity index (χ0n) is 10.3. The second-order valence-corrected chi connectivity index (χ2v) is 4.60. The standard InChI is InChI=1S/C12H23NO3/c1-3-12(4-2,10-15)9-13-5-6-16-11(7-13)8-14/h10-11,14H,3-9H2,1-2H3. The van der Waals surface area contributed by atoms with Crippen LogP contribution in [0.25, 0.3) is 0 Å². The van der Waals surface area contributed by atoms with Crippen LogP contribution in [0.4, 0.5) is 0 Å². The Morgan fingerprint density at radius 2 is 2.19 bits per heavy atom. The maximum absolute atomic E-state index is 11.2. The molecule has 16 heavy (non-hydrogen) atoms. The van der Waals surface area contributed by atoms with E-state index in [9.17, 15) is 4.79 Å². The van der Waals surface area contributed by atoms with Crippen molar-refractivity contribution in [3.05, 3.63) is 0 Å². The van der Waals surface area contributed by atoms with Crippen LogP contribution in [0, 0.1) is 5.41 Å². The summed E-state index contributed by atoms with van der Waals surface area (Å²) in [6.07, 6.45) is 2.74. The summed E-state index contributed by atoms with van der Waals surface area (Å²) in [5.74, 6) is 0. The SMILES string of the molecule is CCC(C=O)(CC)CN1CCOC(CO)C1. The molecule has 0 amide bonds. The van der Waals surface area contributed by atoms with Crippen LogP contribution in [0.15, 0.2) is 0 Å². The Kier molecular flexibility index (Phi) is 5.38. The van der Waals surface area contributed by atoms with E-state index in [0.717, 1.165) is 38.8 Å². The Morgan fingerprint density at radius 1 is 1.50 bits per heavy atom. The van der Waals surface area contributed by atoms with Crippen LogP contribution in [0.3, 0.4) is 0 Å². The molecule has 0 spiro atoms. The highest BCUT2D eigenvalue weighted by molar-refractivity contribution is 5.59. The molecule has 1 rings (SSSR count). The molecular weight excluding hydrogens is 206 g/mol. The number of nitrogens with zero attached hydrogens (tertiary/aromatic N) is 1. The molecule has 0 bridgehead atoms. The summed E-state index contributed by atoms with van der Waals surface area (Å²) < 4.78 is 5.39. The maximum atomic E-state index is 11.2. The Labute approximate surface area is 97.6 Å². The number of aldehydes is 1. The molecule has 0 radical (unpaired) electrons. The Balaban J connectivity index is 2.54. The highest BCUT2D eigenvalue weighted by Crippen LogP contribution is 2.25. The predicted octanol–water partition coefficient (Wildman–Crippen LogP) is 0.685. The average molecular weight is 229 g/mol. The van der Waals surface area contributed by atoms with E-state index in [2.05, 4.69) is 18.7 Å². The smallest absolute Gasteiger partial charge is 0.127 e. The van der Waals surface area contributed by atoms with Crippen molar-refractivity contribution in [2.75, 3.05) is 32.8 Å². The monoisotopic (exact) mass is 229 g/mol. The molecule has 4 nitrogen and oxygen atoms in total. The molecule has 0 saturated carbocycles. The van der Waals surface area contributed by atoms with E-state index in [1.165, 1.54) is 0 Å². The van der Waals surface area contributed by atoms with Gasteiger partial charge in [-0.15, -0.1) is 0 Å². The first-order valence-corrected chi connectivity index (χ1v) is 6.11. The van der Waals surface area contributed by atoms with Gasteiger partial charge < -0.3 is 14.6 Å². The summed E-state index contributed by atoms with van der Waals surface area (Å²) in [6.45, 7) is 7.18. The molecule has 0 aromatic rings. The molecular formula is C12H23NO3. The summed E-state index contributed by atoms with van der Waals surface area (Å²) in [4.78, 5) is 13.4. The van der Waals surface area contributed by atoms with E-state index in [-0.39, 0.29) is 18.1 Å². The number of carbonyl (C=O) groups excluding carboxylic acids is 1. The number of hydrogen-bond donors (Lipinski definition) is 1. The van der Waals surface area contributed by atoms with Crippen LogP contribution in [0.2, 0.25) is 0 Å². The van der Waals surface area contributed by atoms with E-state index in [1.807, 2.05) is 0 Å². The van der Waals surface area contributed by atoms with E-state index in [1.54, 1.807) is 0 Å². The van der Waals surface area contributed by atoms with Crippen molar-refractivity contribution in [3.63, 3.8) is 0 Å². The third-order valence-electron chi connectivity index (χ3n) is 3.62. The molecule has 1 heterocycles. The average Bonchev–Trinajstić information content (AvgIpc) is 2.36. The van der Waals surface area contributed by atoms with E-state index < -0.39 is 0 Å². The van der Waals surface area contributed by atoms with Gasteiger partial charge in [0.15, 0.2) is 0 Å². The number of rotatable bonds is 6. The van der Waals surface area contributed by atoms with Gasteiger partial charge in [0.1, 0.15) is 6.29 Å². The lowest BCUT2D eigenvalue weighted by atomic mass is 9.83. The molecule has 1 unspecified atom stereocenters. The molecule has 1 aliphatic rings. The van der Waals surface area contributed by atoms with Crippen molar-refractivity contribution in [2.45, 2.75) is 32.8 Å². The molecule has 0 aromatic heterocycles. The van der Waals surface area contributed by atoms with Gasteiger partial charge in [-0.2, -0.15) is 0 Å². The lowest BCUT2D eigenvalue weighted by molar-refractivity contribution is -0.120. The first kappa shape index (κ1) is 13.6. The van der Waals surface area contributed by atoms with E-state index in [0.29, 0.717) is 6.61 Å². The quantitative estimate of drug-likeness (QED) is 0.681. The van der Waals surface area contributed by atoms with Crippen LogP contribution in [0.1, 0.15) is 26.7 Å².